The van der Waals surface area contributed by atoms with Crippen LogP contribution >= 0.6 is 0 Å². The van der Waals surface area contributed by atoms with Gasteiger partial charge < -0.3 is 10.6 Å². The Hall–Kier alpha value is -0.730. The van der Waals surface area contributed by atoms with Gasteiger partial charge in [-0.15, -0.1) is 0 Å². The molecule has 1 aliphatic carbocycles. The van der Waals surface area contributed by atoms with E-state index in [1.54, 1.807) is 0 Å². The highest BCUT2D eigenvalue weighted by atomic mass is 16.2. The van der Waals surface area contributed by atoms with Crippen LogP contribution in [-0.4, -0.2) is 18.6 Å². The number of rotatable bonds is 3. The summed E-state index contributed by atoms with van der Waals surface area (Å²) >= 11 is 0. The lowest BCUT2D eigenvalue weighted by Crippen LogP contribution is -2.44. The first-order valence-corrected chi connectivity index (χ1v) is 7.39. The molecule has 0 aromatic carbocycles. The lowest BCUT2D eigenvalue weighted by atomic mass is 9.69. The third kappa shape index (κ3) is 4.51. The second-order valence-electron chi connectivity index (χ2n) is 6.77. The molecule has 1 aliphatic rings. The van der Waals surface area contributed by atoms with E-state index in [0.29, 0.717) is 18.0 Å². The molecule has 0 unspecified atom stereocenters. The van der Waals surface area contributed by atoms with Crippen LogP contribution in [0.1, 0.15) is 60.3 Å². The minimum absolute atomic E-state index is 0.00943. The Labute approximate surface area is 112 Å². The fourth-order valence-electron chi connectivity index (χ4n) is 2.87. The topological polar surface area (TPSA) is 41.1 Å². The third-order valence-corrected chi connectivity index (χ3v) is 4.52. The Kier molecular flexibility index (Phi) is 5.48. The van der Waals surface area contributed by atoms with E-state index in [1.807, 2.05) is 6.92 Å². The maximum Gasteiger partial charge on any atom is 0.314 e. The van der Waals surface area contributed by atoms with Gasteiger partial charge in [0, 0.05) is 12.6 Å². The summed E-state index contributed by atoms with van der Waals surface area (Å²) < 4.78 is 0. The number of carbonyl (C=O) groups excluding carboxylic acids is 1. The van der Waals surface area contributed by atoms with Crippen molar-refractivity contribution in [3.05, 3.63) is 0 Å². The molecule has 0 aromatic heterocycles. The van der Waals surface area contributed by atoms with Crippen molar-refractivity contribution in [3.8, 4) is 0 Å². The van der Waals surface area contributed by atoms with Crippen LogP contribution in [0.5, 0.6) is 0 Å². The van der Waals surface area contributed by atoms with Crippen LogP contribution in [0, 0.1) is 17.3 Å². The number of hydrogen-bond donors (Lipinski definition) is 2. The first-order chi connectivity index (χ1) is 8.34. The summed E-state index contributed by atoms with van der Waals surface area (Å²) in [7, 11) is 0. The zero-order valence-corrected chi connectivity index (χ0v) is 12.7. The van der Waals surface area contributed by atoms with Gasteiger partial charge in [0.05, 0.1) is 0 Å². The van der Waals surface area contributed by atoms with Crippen molar-refractivity contribution in [2.24, 2.45) is 17.3 Å². The van der Waals surface area contributed by atoms with Crippen molar-refractivity contribution >= 4 is 6.03 Å². The van der Waals surface area contributed by atoms with E-state index in [-0.39, 0.29) is 6.03 Å². The Morgan fingerprint density at radius 2 is 1.78 bits per heavy atom. The molecule has 0 aromatic rings. The summed E-state index contributed by atoms with van der Waals surface area (Å²) in [4.78, 5) is 11.5. The summed E-state index contributed by atoms with van der Waals surface area (Å²) in [5.41, 5.74) is 0.393. The molecule has 1 atom stereocenters. The first kappa shape index (κ1) is 15.3. The van der Waals surface area contributed by atoms with E-state index in [0.717, 1.165) is 24.7 Å². The van der Waals surface area contributed by atoms with E-state index < -0.39 is 0 Å². The number of amides is 2. The SMILES string of the molecule is CCNC(=O)NC1CCC([C@@H](C)C(C)(C)C)CC1. The van der Waals surface area contributed by atoms with Gasteiger partial charge in [0.1, 0.15) is 0 Å². The van der Waals surface area contributed by atoms with E-state index in [9.17, 15) is 4.79 Å². The predicted molar refractivity (Wildman–Crippen MR) is 76.6 cm³/mol. The Bertz CT molecular complexity index is 262. The predicted octanol–water partition coefficient (Wildman–Crippen LogP) is 3.55. The van der Waals surface area contributed by atoms with E-state index in [4.69, 9.17) is 0 Å². The molecule has 0 spiro atoms. The Morgan fingerprint density at radius 1 is 1.22 bits per heavy atom. The minimum atomic E-state index is -0.00943. The van der Waals surface area contributed by atoms with Crippen molar-refractivity contribution < 1.29 is 4.79 Å². The van der Waals surface area contributed by atoms with Crippen LogP contribution < -0.4 is 10.6 Å². The van der Waals surface area contributed by atoms with E-state index >= 15 is 0 Å². The molecular formula is C15H30N2O. The van der Waals surface area contributed by atoms with E-state index in [1.165, 1.54) is 12.8 Å². The first-order valence-electron chi connectivity index (χ1n) is 7.39. The van der Waals surface area contributed by atoms with Gasteiger partial charge in [-0.3, -0.25) is 0 Å². The maximum atomic E-state index is 11.5. The van der Waals surface area contributed by atoms with Gasteiger partial charge in [-0.1, -0.05) is 27.7 Å². The van der Waals surface area contributed by atoms with Crippen molar-refractivity contribution in [2.45, 2.75) is 66.3 Å². The van der Waals surface area contributed by atoms with Crippen LogP contribution in [0.15, 0.2) is 0 Å². The second kappa shape index (κ2) is 6.44. The van der Waals surface area contributed by atoms with Crippen molar-refractivity contribution in [2.75, 3.05) is 6.54 Å². The zero-order valence-electron chi connectivity index (χ0n) is 12.7. The lowest BCUT2D eigenvalue weighted by molar-refractivity contribution is 0.130. The highest BCUT2D eigenvalue weighted by molar-refractivity contribution is 5.74. The van der Waals surface area contributed by atoms with Gasteiger partial charge in [-0.05, 0) is 49.9 Å². The van der Waals surface area contributed by atoms with Gasteiger partial charge in [0.25, 0.3) is 0 Å². The van der Waals surface area contributed by atoms with Crippen molar-refractivity contribution in [3.63, 3.8) is 0 Å². The van der Waals surface area contributed by atoms with E-state index in [2.05, 4.69) is 38.3 Å². The summed E-state index contributed by atoms with van der Waals surface area (Å²) in [6.07, 6.45) is 4.75. The minimum Gasteiger partial charge on any atom is -0.338 e. The second-order valence-corrected chi connectivity index (χ2v) is 6.77. The molecule has 0 saturated heterocycles. The molecular weight excluding hydrogens is 224 g/mol. The monoisotopic (exact) mass is 254 g/mol. The summed E-state index contributed by atoms with van der Waals surface area (Å²) in [6.45, 7) is 12.0. The molecule has 0 bridgehead atoms. The summed E-state index contributed by atoms with van der Waals surface area (Å²) in [5, 5.41) is 5.87. The molecule has 0 aliphatic heterocycles. The normalized spacial score (nSPS) is 26.5. The van der Waals surface area contributed by atoms with Crippen LogP contribution in [-0.2, 0) is 0 Å². The molecule has 1 saturated carbocycles. The molecule has 2 N–H and O–H groups in total. The molecule has 3 nitrogen and oxygen atoms in total. The highest BCUT2D eigenvalue weighted by Crippen LogP contribution is 2.39. The molecule has 1 rings (SSSR count). The van der Waals surface area contributed by atoms with Crippen LogP contribution in [0.4, 0.5) is 4.79 Å². The van der Waals surface area contributed by atoms with Gasteiger partial charge >= 0.3 is 6.03 Å². The highest BCUT2D eigenvalue weighted by Gasteiger charge is 2.31. The number of nitrogens with one attached hydrogen (secondary N) is 2. The Balaban J connectivity index is 2.35. The molecule has 2 amide bonds. The van der Waals surface area contributed by atoms with Gasteiger partial charge in [-0.25, -0.2) is 4.79 Å². The number of hydrogen-bond acceptors (Lipinski definition) is 1. The molecule has 3 heteroatoms. The lowest BCUT2D eigenvalue weighted by Gasteiger charge is -2.38. The van der Waals surface area contributed by atoms with Crippen molar-refractivity contribution in [1.29, 1.82) is 0 Å². The van der Waals surface area contributed by atoms with Gasteiger partial charge in [0.15, 0.2) is 0 Å². The molecule has 18 heavy (non-hydrogen) atoms. The molecule has 0 heterocycles. The quantitative estimate of drug-likeness (QED) is 0.794. The van der Waals surface area contributed by atoms with Crippen LogP contribution in [0.2, 0.25) is 0 Å². The Morgan fingerprint density at radius 3 is 2.22 bits per heavy atom. The van der Waals surface area contributed by atoms with Crippen LogP contribution in [0.25, 0.3) is 0 Å². The third-order valence-electron chi connectivity index (χ3n) is 4.52. The molecule has 0 radical (unpaired) electrons. The molecule has 106 valence electrons. The number of urea groups is 1. The van der Waals surface area contributed by atoms with Gasteiger partial charge in [-0.2, -0.15) is 0 Å². The zero-order chi connectivity index (χ0) is 13.8. The fraction of sp³-hybridized carbons (Fsp3) is 0.933. The standard InChI is InChI=1S/C15H30N2O/c1-6-16-14(18)17-13-9-7-12(8-10-13)11(2)15(3,4)5/h11-13H,6-10H2,1-5H3,(H2,16,17,18)/t11-,12?,13?/m1/s1. The summed E-state index contributed by atoms with van der Waals surface area (Å²) in [6, 6.07) is 0.366. The van der Waals surface area contributed by atoms with Crippen molar-refractivity contribution in [1.82, 2.24) is 10.6 Å². The fourth-order valence-corrected chi connectivity index (χ4v) is 2.87. The van der Waals surface area contributed by atoms with Gasteiger partial charge in [0.2, 0.25) is 0 Å². The summed E-state index contributed by atoms with van der Waals surface area (Å²) in [5.74, 6) is 1.57. The maximum absolute atomic E-state index is 11.5. The largest absolute Gasteiger partial charge is 0.338 e. The number of carbonyl (C=O) groups is 1. The average molecular weight is 254 g/mol. The smallest absolute Gasteiger partial charge is 0.314 e. The average Bonchev–Trinajstić information content (AvgIpc) is 2.28. The molecule has 1 fully saturated rings. The van der Waals surface area contributed by atoms with Crippen LogP contribution in [0.3, 0.4) is 0 Å².